The van der Waals surface area contributed by atoms with Gasteiger partial charge in [0, 0.05) is 18.2 Å². The van der Waals surface area contributed by atoms with Crippen LogP contribution in [0.25, 0.3) is 11.3 Å². The first-order valence-electron chi connectivity index (χ1n) is 6.55. The van der Waals surface area contributed by atoms with Gasteiger partial charge in [-0.25, -0.2) is 9.97 Å². The van der Waals surface area contributed by atoms with Crippen molar-refractivity contribution in [3.05, 3.63) is 40.2 Å². The molecule has 0 saturated carbocycles. The van der Waals surface area contributed by atoms with Crippen LogP contribution in [0.15, 0.2) is 12.1 Å². The zero-order valence-corrected chi connectivity index (χ0v) is 12.5. The third-order valence-electron chi connectivity index (χ3n) is 3.59. The lowest BCUT2D eigenvalue weighted by Gasteiger charge is -2.14. The molecule has 2 rings (SSSR count). The fourth-order valence-electron chi connectivity index (χ4n) is 2.35. The molecule has 2 aromatic rings. The molecule has 0 unspecified atom stereocenters. The second-order valence-electron chi connectivity index (χ2n) is 5.09. The molecule has 0 spiro atoms. The van der Waals surface area contributed by atoms with Gasteiger partial charge >= 0.3 is 0 Å². The summed E-state index contributed by atoms with van der Waals surface area (Å²) in [6, 6.07) is 4.44. The van der Waals surface area contributed by atoms with E-state index in [4.69, 9.17) is 0 Å². The summed E-state index contributed by atoms with van der Waals surface area (Å²) in [6.07, 6.45) is 0. The average Bonchev–Trinajstić information content (AvgIpc) is 2.36. The van der Waals surface area contributed by atoms with E-state index >= 15 is 0 Å². The number of nitrogens with one attached hydrogen (secondary N) is 1. The van der Waals surface area contributed by atoms with E-state index in [0.29, 0.717) is 0 Å². The number of rotatable bonds is 2. The Morgan fingerprint density at radius 3 is 2.11 bits per heavy atom. The zero-order valence-electron chi connectivity index (χ0n) is 12.5. The summed E-state index contributed by atoms with van der Waals surface area (Å²) in [7, 11) is 1.89. The Morgan fingerprint density at radius 1 is 0.842 bits per heavy atom. The van der Waals surface area contributed by atoms with Crippen molar-refractivity contribution in [2.75, 3.05) is 12.4 Å². The molecule has 0 aliphatic heterocycles. The predicted molar refractivity (Wildman–Crippen MR) is 80.7 cm³/mol. The lowest BCUT2D eigenvalue weighted by Crippen LogP contribution is -2.03. The fourth-order valence-corrected chi connectivity index (χ4v) is 2.35. The summed E-state index contributed by atoms with van der Waals surface area (Å²) in [4.78, 5) is 9.06. The first-order chi connectivity index (χ1) is 8.93. The highest BCUT2D eigenvalue weighted by molar-refractivity contribution is 5.72. The second kappa shape index (κ2) is 5.00. The first kappa shape index (κ1) is 13.5. The minimum atomic E-state index is 0.794. The number of aromatic nitrogens is 2. The molecule has 1 heterocycles. The Kier molecular flexibility index (Phi) is 3.56. The second-order valence-corrected chi connectivity index (χ2v) is 5.09. The minimum Gasteiger partial charge on any atom is -0.373 e. The fraction of sp³-hybridized carbons (Fsp3) is 0.375. The van der Waals surface area contributed by atoms with Crippen LogP contribution in [0.3, 0.4) is 0 Å². The highest BCUT2D eigenvalue weighted by Gasteiger charge is 2.13. The van der Waals surface area contributed by atoms with Crippen LogP contribution in [-0.2, 0) is 0 Å². The quantitative estimate of drug-likeness (QED) is 0.888. The molecule has 0 bridgehead atoms. The van der Waals surface area contributed by atoms with Gasteiger partial charge in [-0.2, -0.15) is 0 Å². The molecule has 1 N–H and O–H groups in total. The topological polar surface area (TPSA) is 37.8 Å². The molecule has 0 amide bonds. The normalized spacial score (nSPS) is 10.6. The SMILES string of the molecule is CNc1nc(C)nc(-c2cc(C)c(C)cc2C)c1C. The van der Waals surface area contributed by atoms with Crippen LogP contribution in [-0.4, -0.2) is 17.0 Å². The van der Waals surface area contributed by atoms with Gasteiger partial charge in [0.15, 0.2) is 0 Å². The molecular formula is C16H21N3. The van der Waals surface area contributed by atoms with Gasteiger partial charge in [0.2, 0.25) is 0 Å². The minimum absolute atomic E-state index is 0.794. The molecule has 100 valence electrons. The van der Waals surface area contributed by atoms with Gasteiger partial charge in [0.05, 0.1) is 5.69 Å². The van der Waals surface area contributed by atoms with E-state index in [9.17, 15) is 0 Å². The largest absolute Gasteiger partial charge is 0.373 e. The van der Waals surface area contributed by atoms with Gasteiger partial charge < -0.3 is 5.32 Å². The Bertz CT molecular complexity index is 630. The molecule has 3 nitrogen and oxygen atoms in total. The number of hydrogen-bond donors (Lipinski definition) is 1. The van der Waals surface area contributed by atoms with Crippen molar-refractivity contribution in [3.63, 3.8) is 0 Å². The van der Waals surface area contributed by atoms with Crippen LogP contribution < -0.4 is 5.32 Å². The van der Waals surface area contributed by atoms with Gasteiger partial charge in [0.25, 0.3) is 0 Å². The number of anilines is 1. The van der Waals surface area contributed by atoms with E-state index in [0.717, 1.165) is 22.9 Å². The number of nitrogens with zero attached hydrogens (tertiary/aromatic N) is 2. The lowest BCUT2D eigenvalue weighted by atomic mass is 9.96. The van der Waals surface area contributed by atoms with Crippen LogP contribution in [0.2, 0.25) is 0 Å². The summed E-state index contributed by atoms with van der Waals surface area (Å²) in [6.45, 7) is 10.4. The standard InChI is InChI=1S/C16H21N3/c1-9-7-11(3)14(8-10(9)2)15-12(4)16(17-6)19-13(5)18-15/h7-8H,1-6H3,(H,17,18,19). The van der Waals surface area contributed by atoms with E-state index in [1.807, 2.05) is 14.0 Å². The number of hydrogen-bond acceptors (Lipinski definition) is 3. The Balaban J connectivity index is 2.72. The van der Waals surface area contributed by atoms with Crippen LogP contribution in [0.4, 0.5) is 5.82 Å². The molecular weight excluding hydrogens is 234 g/mol. The Hall–Kier alpha value is -1.90. The Morgan fingerprint density at radius 2 is 1.47 bits per heavy atom. The Labute approximate surface area is 115 Å². The lowest BCUT2D eigenvalue weighted by molar-refractivity contribution is 1.03. The molecule has 0 aliphatic carbocycles. The third-order valence-corrected chi connectivity index (χ3v) is 3.59. The maximum atomic E-state index is 4.63. The summed E-state index contributed by atoms with van der Waals surface area (Å²) < 4.78 is 0. The van der Waals surface area contributed by atoms with Gasteiger partial charge in [-0.05, 0) is 57.4 Å². The molecule has 0 fully saturated rings. The van der Waals surface area contributed by atoms with Crippen LogP contribution >= 0.6 is 0 Å². The molecule has 0 saturated heterocycles. The number of aryl methyl sites for hydroxylation is 4. The summed E-state index contributed by atoms with van der Waals surface area (Å²) in [5.41, 5.74) is 7.19. The van der Waals surface area contributed by atoms with E-state index in [1.165, 1.54) is 22.3 Å². The molecule has 19 heavy (non-hydrogen) atoms. The van der Waals surface area contributed by atoms with Crippen molar-refractivity contribution in [2.24, 2.45) is 0 Å². The maximum Gasteiger partial charge on any atom is 0.132 e. The van der Waals surface area contributed by atoms with Crippen molar-refractivity contribution in [3.8, 4) is 11.3 Å². The van der Waals surface area contributed by atoms with Crippen molar-refractivity contribution < 1.29 is 0 Å². The molecule has 0 atom stereocenters. The molecule has 3 heteroatoms. The zero-order chi connectivity index (χ0) is 14.2. The predicted octanol–water partition coefficient (Wildman–Crippen LogP) is 3.73. The van der Waals surface area contributed by atoms with Crippen molar-refractivity contribution in [1.82, 2.24) is 9.97 Å². The smallest absolute Gasteiger partial charge is 0.132 e. The van der Waals surface area contributed by atoms with Gasteiger partial charge in [-0.15, -0.1) is 0 Å². The summed E-state index contributed by atoms with van der Waals surface area (Å²) in [5, 5.41) is 3.14. The summed E-state index contributed by atoms with van der Waals surface area (Å²) >= 11 is 0. The molecule has 1 aromatic heterocycles. The first-order valence-corrected chi connectivity index (χ1v) is 6.55. The van der Waals surface area contributed by atoms with Crippen molar-refractivity contribution >= 4 is 5.82 Å². The maximum absolute atomic E-state index is 4.63. The third kappa shape index (κ3) is 2.46. The van der Waals surface area contributed by atoms with Gasteiger partial charge in [-0.3, -0.25) is 0 Å². The summed E-state index contributed by atoms with van der Waals surface area (Å²) in [5.74, 6) is 1.70. The van der Waals surface area contributed by atoms with Crippen LogP contribution in [0.1, 0.15) is 28.1 Å². The highest BCUT2D eigenvalue weighted by atomic mass is 15.0. The van der Waals surface area contributed by atoms with E-state index in [-0.39, 0.29) is 0 Å². The van der Waals surface area contributed by atoms with Crippen molar-refractivity contribution in [1.29, 1.82) is 0 Å². The monoisotopic (exact) mass is 255 g/mol. The van der Waals surface area contributed by atoms with E-state index in [1.54, 1.807) is 0 Å². The molecule has 1 aromatic carbocycles. The van der Waals surface area contributed by atoms with Gasteiger partial charge in [-0.1, -0.05) is 6.07 Å². The van der Waals surface area contributed by atoms with E-state index < -0.39 is 0 Å². The average molecular weight is 255 g/mol. The van der Waals surface area contributed by atoms with Crippen LogP contribution in [0, 0.1) is 34.6 Å². The highest BCUT2D eigenvalue weighted by Crippen LogP contribution is 2.30. The van der Waals surface area contributed by atoms with Crippen molar-refractivity contribution in [2.45, 2.75) is 34.6 Å². The molecule has 0 radical (unpaired) electrons. The molecule has 0 aliphatic rings. The number of benzene rings is 1. The van der Waals surface area contributed by atoms with E-state index in [2.05, 4.69) is 55.1 Å². The van der Waals surface area contributed by atoms with Crippen LogP contribution in [0.5, 0.6) is 0 Å². The van der Waals surface area contributed by atoms with Gasteiger partial charge in [0.1, 0.15) is 11.6 Å².